The van der Waals surface area contributed by atoms with Crippen molar-refractivity contribution in [1.29, 1.82) is 0 Å². The van der Waals surface area contributed by atoms with E-state index >= 15 is 0 Å². The first-order chi connectivity index (χ1) is 12.5. The summed E-state index contributed by atoms with van der Waals surface area (Å²) < 4.78 is 1.35. The second-order valence-corrected chi connectivity index (χ2v) is 6.20. The maximum Gasteiger partial charge on any atom is 0.325 e. The van der Waals surface area contributed by atoms with Gasteiger partial charge < -0.3 is 10.4 Å². The summed E-state index contributed by atoms with van der Waals surface area (Å²) in [5.41, 5.74) is 2.33. The Balaban J connectivity index is 1.63. The van der Waals surface area contributed by atoms with E-state index in [0.717, 1.165) is 16.8 Å². The van der Waals surface area contributed by atoms with Gasteiger partial charge in [-0.25, -0.2) is 9.97 Å². The molecular weight excluding hydrogens is 356 g/mol. The van der Waals surface area contributed by atoms with Crippen molar-refractivity contribution in [2.45, 2.75) is 25.9 Å². The first kappa shape index (κ1) is 17.8. The lowest BCUT2D eigenvalue weighted by Crippen LogP contribution is -2.20. The number of hydrogen-bond donors (Lipinski definition) is 2. The second-order valence-electron chi connectivity index (χ2n) is 5.80. The van der Waals surface area contributed by atoms with Gasteiger partial charge in [-0.15, -0.1) is 0 Å². The largest absolute Gasteiger partial charge is 0.480 e. The Morgan fingerprint density at radius 1 is 1.27 bits per heavy atom. The molecule has 0 aromatic carbocycles. The quantitative estimate of drug-likeness (QED) is 0.656. The van der Waals surface area contributed by atoms with Crippen LogP contribution in [-0.2, 0) is 17.8 Å². The molecule has 1 unspecified atom stereocenters. The van der Waals surface area contributed by atoms with E-state index in [0.29, 0.717) is 17.4 Å². The molecule has 0 bridgehead atoms. The number of halogens is 1. The van der Waals surface area contributed by atoms with Crippen molar-refractivity contribution in [2.75, 3.05) is 5.32 Å². The maximum atomic E-state index is 10.7. The van der Waals surface area contributed by atoms with Crippen LogP contribution in [0.4, 0.5) is 5.95 Å². The molecule has 9 heteroatoms. The summed E-state index contributed by atoms with van der Waals surface area (Å²) >= 11 is 6.13. The molecule has 0 spiro atoms. The van der Waals surface area contributed by atoms with Gasteiger partial charge in [0.25, 0.3) is 0 Å². The zero-order chi connectivity index (χ0) is 18.5. The van der Waals surface area contributed by atoms with Gasteiger partial charge in [0.05, 0.1) is 16.9 Å². The molecule has 3 aromatic heterocycles. The van der Waals surface area contributed by atoms with Gasteiger partial charge >= 0.3 is 5.97 Å². The summed E-state index contributed by atoms with van der Waals surface area (Å²) in [4.78, 5) is 23.6. The number of anilines is 1. The molecule has 0 aliphatic rings. The fraction of sp³-hybridized carbons (Fsp3) is 0.235. The number of carbonyl (C=O) groups is 1. The molecule has 2 N–H and O–H groups in total. The maximum absolute atomic E-state index is 10.7. The van der Waals surface area contributed by atoms with Gasteiger partial charge in [0, 0.05) is 48.4 Å². The van der Waals surface area contributed by atoms with E-state index in [1.807, 2.05) is 13.0 Å². The summed E-state index contributed by atoms with van der Waals surface area (Å²) in [5.74, 6) is -0.455. The molecule has 26 heavy (non-hydrogen) atoms. The van der Waals surface area contributed by atoms with E-state index in [-0.39, 0.29) is 12.6 Å². The topological polar surface area (TPSA) is 106 Å². The Morgan fingerprint density at radius 3 is 2.73 bits per heavy atom. The standard InChI is InChI=1S/C17H17ClN6O2/c1-11(5-15-14(18)3-2-4-19-15)23-17-20-6-12(7-21-17)13-8-22-24(9-13)10-16(25)26/h2-4,6-9,11H,5,10H2,1H3,(H,25,26)(H,20,21,23). The van der Waals surface area contributed by atoms with Crippen LogP contribution >= 0.6 is 11.6 Å². The Labute approximate surface area is 154 Å². The molecule has 0 saturated carbocycles. The van der Waals surface area contributed by atoms with Crippen molar-refractivity contribution in [2.24, 2.45) is 0 Å². The van der Waals surface area contributed by atoms with Crippen molar-refractivity contribution in [3.63, 3.8) is 0 Å². The second kappa shape index (κ2) is 7.92. The van der Waals surface area contributed by atoms with Gasteiger partial charge in [-0.05, 0) is 19.1 Å². The zero-order valence-electron chi connectivity index (χ0n) is 14.0. The van der Waals surface area contributed by atoms with Crippen LogP contribution < -0.4 is 5.32 Å². The third-order valence-electron chi connectivity index (χ3n) is 3.63. The molecule has 0 amide bonds. The van der Waals surface area contributed by atoms with Gasteiger partial charge in [0.15, 0.2) is 0 Å². The van der Waals surface area contributed by atoms with E-state index in [1.54, 1.807) is 37.1 Å². The van der Waals surface area contributed by atoms with Crippen LogP contribution in [0, 0.1) is 0 Å². The van der Waals surface area contributed by atoms with Gasteiger partial charge in [-0.3, -0.25) is 14.5 Å². The molecule has 0 saturated heterocycles. The molecule has 134 valence electrons. The number of carboxylic acid groups (broad SMARTS) is 1. The molecule has 3 rings (SSSR count). The Hall–Kier alpha value is -3.00. The van der Waals surface area contributed by atoms with Crippen molar-refractivity contribution in [1.82, 2.24) is 24.7 Å². The number of aromatic nitrogens is 5. The first-order valence-electron chi connectivity index (χ1n) is 7.94. The third kappa shape index (κ3) is 4.54. The normalized spacial score (nSPS) is 11.9. The highest BCUT2D eigenvalue weighted by Gasteiger charge is 2.10. The zero-order valence-corrected chi connectivity index (χ0v) is 14.8. The Kier molecular flexibility index (Phi) is 5.43. The summed E-state index contributed by atoms with van der Waals surface area (Å²) in [6.07, 6.45) is 8.92. The van der Waals surface area contributed by atoms with Crippen LogP contribution in [0.5, 0.6) is 0 Å². The van der Waals surface area contributed by atoms with Gasteiger partial charge in [0.2, 0.25) is 5.95 Å². The molecule has 0 fully saturated rings. The van der Waals surface area contributed by atoms with E-state index in [9.17, 15) is 4.79 Å². The average molecular weight is 373 g/mol. The van der Waals surface area contributed by atoms with Crippen molar-refractivity contribution in [3.05, 3.63) is 53.8 Å². The SMILES string of the molecule is CC(Cc1ncccc1Cl)Nc1ncc(-c2cnn(CC(=O)O)c2)cn1. The minimum absolute atomic E-state index is 0.0477. The van der Waals surface area contributed by atoms with E-state index in [1.165, 1.54) is 4.68 Å². The molecule has 1 atom stereocenters. The molecular formula is C17H17ClN6O2. The lowest BCUT2D eigenvalue weighted by molar-refractivity contribution is -0.137. The predicted molar refractivity (Wildman–Crippen MR) is 96.9 cm³/mol. The lowest BCUT2D eigenvalue weighted by Gasteiger charge is -2.14. The molecule has 3 heterocycles. The van der Waals surface area contributed by atoms with Gasteiger partial charge in [0.1, 0.15) is 6.54 Å². The summed E-state index contributed by atoms with van der Waals surface area (Å²) in [5, 5.41) is 16.6. The third-order valence-corrected chi connectivity index (χ3v) is 3.97. The van der Waals surface area contributed by atoms with Crippen LogP contribution in [0.25, 0.3) is 11.1 Å². The predicted octanol–water partition coefficient (Wildman–Crippen LogP) is 2.52. The summed E-state index contributed by atoms with van der Waals surface area (Å²) in [6, 6.07) is 3.66. The molecule has 0 radical (unpaired) electrons. The number of aliphatic carboxylic acids is 1. The minimum Gasteiger partial charge on any atom is -0.480 e. The highest BCUT2D eigenvalue weighted by Crippen LogP contribution is 2.18. The fourth-order valence-corrected chi connectivity index (χ4v) is 2.62. The van der Waals surface area contributed by atoms with E-state index < -0.39 is 5.97 Å². The van der Waals surface area contributed by atoms with Crippen LogP contribution in [0.15, 0.2) is 43.1 Å². The minimum atomic E-state index is -0.947. The van der Waals surface area contributed by atoms with E-state index in [2.05, 4.69) is 25.4 Å². The van der Waals surface area contributed by atoms with Crippen molar-refractivity contribution < 1.29 is 9.90 Å². The smallest absolute Gasteiger partial charge is 0.325 e. The molecule has 0 aliphatic heterocycles. The van der Waals surface area contributed by atoms with Crippen LogP contribution in [0.3, 0.4) is 0 Å². The van der Waals surface area contributed by atoms with Crippen LogP contribution in [-0.4, -0.2) is 41.9 Å². The highest BCUT2D eigenvalue weighted by molar-refractivity contribution is 6.31. The van der Waals surface area contributed by atoms with Crippen LogP contribution in [0.1, 0.15) is 12.6 Å². The molecule has 0 aliphatic carbocycles. The number of carboxylic acids is 1. The Morgan fingerprint density at radius 2 is 2.04 bits per heavy atom. The fourth-order valence-electron chi connectivity index (χ4n) is 2.42. The summed E-state index contributed by atoms with van der Waals surface area (Å²) in [7, 11) is 0. The molecule has 3 aromatic rings. The highest BCUT2D eigenvalue weighted by atomic mass is 35.5. The number of nitrogens with one attached hydrogen (secondary N) is 1. The van der Waals surface area contributed by atoms with Gasteiger partial charge in [-0.2, -0.15) is 5.10 Å². The molecule has 8 nitrogen and oxygen atoms in total. The summed E-state index contributed by atoms with van der Waals surface area (Å²) in [6.45, 7) is 1.81. The monoisotopic (exact) mass is 372 g/mol. The Bertz CT molecular complexity index is 896. The number of rotatable bonds is 7. The number of pyridine rings is 1. The first-order valence-corrected chi connectivity index (χ1v) is 8.31. The van der Waals surface area contributed by atoms with Crippen molar-refractivity contribution >= 4 is 23.5 Å². The van der Waals surface area contributed by atoms with Crippen molar-refractivity contribution in [3.8, 4) is 11.1 Å². The lowest BCUT2D eigenvalue weighted by atomic mass is 10.1. The average Bonchev–Trinajstić information content (AvgIpc) is 3.05. The van der Waals surface area contributed by atoms with Gasteiger partial charge in [-0.1, -0.05) is 11.6 Å². The van der Waals surface area contributed by atoms with E-state index in [4.69, 9.17) is 16.7 Å². The number of nitrogens with zero attached hydrogens (tertiary/aromatic N) is 5. The number of hydrogen-bond acceptors (Lipinski definition) is 6. The van der Waals surface area contributed by atoms with Crippen LogP contribution in [0.2, 0.25) is 5.02 Å².